The Bertz CT molecular complexity index is 74.5. The Morgan fingerprint density at radius 1 is 1.36 bits per heavy atom. The molecule has 0 saturated carbocycles. The van der Waals surface area contributed by atoms with E-state index in [0.29, 0.717) is 0 Å². The van der Waals surface area contributed by atoms with E-state index in [1.807, 2.05) is 6.92 Å². The van der Waals surface area contributed by atoms with E-state index in [-0.39, 0.29) is 6.29 Å². The smallest absolute Gasteiger partial charge is 0.178 e. The molecule has 1 atom stereocenters. The standard InChI is InChI=1S/C8H18NO2/c1-4-6-7-9-11-8(5-2)10-3/h8H,4-7H2,1-3H3. The molecule has 3 nitrogen and oxygen atoms in total. The predicted molar refractivity (Wildman–Crippen MR) is 44.1 cm³/mol. The summed E-state index contributed by atoms with van der Waals surface area (Å²) in [5.74, 6) is 0. The van der Waals surface area contributed by atoms with E-state index in [2.05, 4.69) is 12.4 Å². The minimum atomic E-state index is -0.160. The zero-order chi connectivity index (χ0) is 8.53. The molecule has 0 aliphatic rings. The predicted octanol–water partition coefficient (Wildman–Crippen LogP) is 1.70. The minimum absolute atomic E-state index is 0.160. The second-order valence-electron chi connectivity index (χ2n) is 2.39. The Morgan fingerprint density at radius 2 is 2.09 bits per heavy atom. The highest BCUT2D eigenvalue weighted by molar-refractivity contribution is 4.37. The lowest BCUT2D eigenvalue weighted by Gasteiger charge is -2.11. The summed E-state index contributed by atoms with van der Waals surface area (Å²) in [4.78, 5) is 5.05. The fourth-order valence-corrected chi connectivity index (χ4v) is 0.643. The molecule has 67 valence electrons. The number of rotatable bonds is 7. The Hall–Kier alpha value is -0.120. The van der Waals surface area contributed by atoms with Crippen molar-refractivity contribution in [1.82, 2.24) is 5.48 Å². The van der Waals surface area contributed by atoms with E-state index in [1.54, 1.807) is 7.11 Å². The van der Waals surface area contributed by atoms with E-state index >= 15 is 0 Å². The number of hydrogen-bond acceptors (Lipinski definition) is 2. The van der Waals surface area contributed by atoms with Gasteiger partial charge in [-0.3, -0.25) is 4.84 Å². The fraction of sp³-hybridized carbons (Fsp3) is 1.00. The molecule has 0 rings (SSSR count). The highest BCUT2D eigenvalue weighted by atomic mass is 16.8. The Labute approximate surface area is 69.0 Å². The summed E-state index contributed by atoms with van der Waals surface area (Å²) in [5.41, 5.74) is 3.88. The van der Waals surface area contributed by atoms with Crippen molar-refractivity contribution in [2.24, 2.45) is 0 Å². The molecule has 0 fully saturated rings. The lowest BCUT2D eigenvalue weighted by molar-refractivity contribution is -0.169. The van der Waals surface area contributed by atoms with Crippen molar-refractivity contribution in [2.75, 3.05) is 13.7 Å². The van der Waals surface area contributed by atoms with E-state index < -0.39 is 0 Å². The van der Waals surface area contributed by atoms with Crippen molar-refractivity contribution in [1.29, 1.82) is 0 Å². The summed E-state index contributed by atoms with van der Waals surface area (Å²) < 4.78 is 4.96. The van der Waals surface area contributed by atoms with E-state index in [4.69, 9.17) is 9.57 Å². The molecular weight excluding hydrogens is 142 g/mol. The Balaban J connectivity index is 3.07. The van der Waals surface area contributed by atoms with E-state index in [1.165, 1.54) is 0 Å². The maximum atomic E-state index is 5.05. The maximum absolute atomic E-state index is 5.05. The number of nitrogens with zero attached hydrogens (tertiary/aromatic N) is 1. The maximum Gasteiger partial charge on any atom is 0.178 e. The first-order chi connectivity index (χ1) is 5.35. The van der Waals surface area contributed by atoms with Crippen molar-refractivity contribution < 1.29 is 9.57 Å². The zero-order valence-electron chi connectivity index (χ0n) is 7.67. The molecule has 0 aromatic rings. The van der Waals surface area contributed by atoms with Crippen LogP contribution >= 0.6 is 0 Å². The van der Waals surface area contributed by atoms with Crippen LogP contribution in [-0.2, 0) is 9.57 Å². The summed E-state index contributed by atoms with van der Waals surface area (Å²) in [6, 6.07) is 0. The monoisotopic (exact) mass is 160 g/mol. The van der Waals surface area contributed by atoms with Crippen LogP contribution in [0.1, 0.15) is 33.1 Å². The molecule has 0 aromatic carbocycles. The highest BCUT2D eigenvalue weighted by Crippen LogP contribution is 1.96. The van der Waals surface area contributed by atoms with Crippen LogP contribution in [0.4, 0.5) is 0 Å². The lowest BCUT2D eigenvalue weighted by Crippen LogP contribution is -2.20. The molecule has 1 unspecified atom stereocenters. The van der Waals surface area contributed by atoms with Crippen LogP contribution in [0.25, 0.3) is 0 Å². The van der Waals surface area contributed by atoms with E-state index in [9.17, 15) is 0 Å². The van der Waals surface area contributed by atoms with Gasteiger partial charge in [0.15, 0.2) is 6.29 Å². The van der Waals surface area contributed by atoms with Gasteiger partial charge in [-0.2, -0.15) is 0 Å². The number of hydroxylamine groups is 1. The number of methoxy groups -OCH3 is 1. The lowest BCUT2D eigenvalue weighted by atomic mass is 10.3. The number of hydrogen-bond donors (Lipinski definition) is 0. The normalized spacial score (nSPS) is 13.4. The van der Waals surface area contributed by atoms with Gasteiger partial charge in [0.1, 0.15) is 0 Å². The van der Waals surface area contributed by atoms with Crippen LogP contribution < -0.4 is 5.48 Å². The van der Waals surface area contributed by atoms with Gasteiger partial charge >= 0.3 is 0 Å². The van der Waals surface area contributed by atoms with Crippen LogP contribution in [0, 0.1) is 0 Å². The van der Waals surface area contributed by atoms with E-state index in [0.717, 1.165) is 25.8 Å². The van der Waals surface area contributed by atoms with Crippen LogP contribution in [0.15, 0.2) is 0 Å². The van der Waals surface area contributed by atoms with Crippen molar-refractivity contribution in [3.05, 3.63) is 0 Å². The van der Waals surface area contributed by atoms with Gasteiger partial charge in [-0.1, -0.05) is 25.7 Å². The second kappa shape index (κ2) is 7.98. The SMILES string of the molecule is CCCC[N]OC(CC)OC. The third-order valence-corrected chi connectivity index (χ3v) is 1.39. The Morgan fingerprint density at radius 3 is 2.55 bits per heavy atom. The zero-order valence-corrected chi connectivity index (χ0v) is 7.67. The van der Waals surface area contributed by atoms with Gasteiger partial charge < -0.3 is 4.74 Å². The van der Waals surface area contributed by atoms with Gasteiger partial charge in [-0.05, 0) is 12.8 Å². The third kappa shape index (κ3) is 6.28. The topological polar surface area (TPSA) is 32.6 Å². The molecular formula is C8H18NO2. The first-order valence-electron chi connectivity index (χ1n) is 4.20. The van der Waals surface area contributed by atoms with Crippen molar-refractivity contribution in [2.45, 2.75) is 39.4 Å². The molecule has 0 heterocycles. The molecule has 0 N–H and O–H groups in total. The number of ether oxygens (including phenoxy) is 1. The average Bonchev–Trinajstić information content (AvgIpc) is 2.05. The first kappa shape index (κ1) is 10.9. The van der Waals surface area contributed by atoms with Crippen LogP contribution in [-0.4, -0.2) is 19.9 Å². The summed E-state index contributed by atoms with van der Waals surface area (Å²) in [5, 5.41) is 0. The molecule has 0 spiro atoms. The van der Waals surface area contributed by atoms with Crippen molar-refractivity contribution in [3.8, 4) is 0 Å². The fourth-order valence-electron chi connectivity index (χ4n) is 0.643. The summed E-state index contributed by atoms with van der Waals surface area (Å²) in [7, 11) is 1.63. The molecule has 0 bridgehead atoms. The third-order valence-electron chi connectivity index (χ3n) is 1.39. The summed E-state index contributed by atoms with van der Waals surface area (Å²) in [6.45, 7) is 4.91. The van der Waals surface area contributed by atoms with Gasteiger partial charge in [-0.15, -0.1) is 0 Å². The molecule has 0 saturated heterocycles. The van der Waals surface area contributed by atoms with Crippen LogP contribution in [0.5, 0.6) is 0 Å². The minimum Gasteiger partial charge on any atom is -0.354 e. The second-order valence-corrected chi connectivity index (χ2v) is 2.39. The van der Waals surface area contributed by atoms with Gasteiger partial charge in [0, 0.05) is 13.7 Å². The molecule has 0 aliphatic heterocycles. The van der Waals surface area contributed by atoms with Gasteiger partial charge in [0.05, 0.1) is 0 Å². The van der Waals surface area contributed by atoms with Gasteiger partial charge in [0.2, 0.25) is 0 Å². The largest absolute Gasteiger partial charge is 0.354 e. The summed E-state index contributed by atoms with van der Waals surface area (Å²) >= 11 is 0. The van der Waals surface area contributed by atoms with Crippen LogP contribution in [0.2, 0.25) is 0 Å². The number of unbranched alkanes of at least 4 members (excludes halogenated alkanes) is 1. The highest BCUT2D eigenvalue weighted by Gasteiger charge is 2.03. The Kier molecular flexibility index (Phi) is 7.89. The molecule has 0 aliphatic carbocycles. The molecule has 1 radical (unpaired) electrons. The first-order valence-corrected chi connectivity index (χ1v) is 4.20. The van der Waals surface area contributed by atoms with Gasteiger partial charge in [-0.25, -0.2) is 0 Å². The van der Waals surface area contributed by atoms with Gasteiger partial charge in [0.25, 0.3) is 0 Å². The molecule has 0 aromatic heterocycles. The van der Waals surface area contributed by atoms with Crippen molar-refractivity contribution in [3.63, 3.8) is 0 Å². The molecule has 0 amide bonds. The van der Waals surface area contributed by atoms with Crippen molar-refractivity contribution >= 4 is 0 Å². The molecule has 3 heteroatoms. The van der Waals surface area contributed by atoms with Crippen LogP contribution in [0.3, 0.4) is 0 Å². The average molecular weight is 160 g/mol. The quantitative estimate of drug-likeness (QED) is 0.322. The molecule has 11 heavy (non-hydrogen) atoms. The summed E-state index contributed by atoms with van der Waals surface area (Å²) in [6.07, 6.45) is 2.91.